The molecule has 0 aromatic heterocycles. The summed E-state index contributed by atoms with van der Waals surface area (Å²) in [5.41, 5.74) is 0.717. The Hall–Kier alpha value is -2.81. The van der Waals surface area contributed by atoms with E-state index in [0.717, 1.165) is 29.5 Å². The number of ether oxygens (including phenoxy) is 1. The lowest BCUT2D eigenvalue weighted by molar-refractivity contribution is -0.135. The van der Waals surface area contributed by atoms with E-state index in [4.69, 9.17) is 27.9 Å². The predicted molar refractivity (Wildman–Crippen MR) is 126 cm³/mol. The van der Waals surface area contributed by atoms with Gasteiger partial charge in [-0.3, -0.25) is 19.3 Å². The van der Waals surface area contributed by atoms with Gasteiger partial charge in [0, 0.05) is 18.1 Å². The molecule has 2 aliphatic rings. The zero-order valence-electron chi connectivity index (χ0n) is 17.3. The van der Waals surface area contributed by atoms with Gasteiger partial charge < -0.3 is 9.64 Å². The number of esters is 1. The molecule has 2 aromatic carbocycles. The Morgan fingerprint density at radius 2 is 1.82 bits per heavy atom. The van der Waals surface area contributed by atoms with Crippen molar-refractivity contribution in [2.75, 3.05) is 19.6 Å². The molecule has 2 aliphatic heterocycles. The highest BCUT2D eigenvalue weighted by atomic mass is 35.5. The lowest BCUT2D eigenvalue weighted by Gasteiger charge is -2.18. The van der Waals surface area contributed by atoms with Crippen LogP contribution in [0.1, 0.15) is 28.8 Å². The summed E-state index contributed by atoms with van der Waals surface area (Å²) in [6, 6.07) is 10.9. The quantitative estimate of drug-likeness (QED) is 0.328. The average molecular weight is 505 g/mol. The number of imide groups is 1. The second-order valence-corrected chi connectivity index (χ2v) is 9.28. The minimum atomic E-state index is -0.658. The third kappa shape index (κ3) is 5.40. The zero-order chi connectivity index (χ0) is 23.5. The Bertz CT molecular complexity index is 1180. The van der Waals surface area contributed by atoms with Crippen LogP contribution in [0.2, 0.25) is 10.0 Å². The summed E-state index contributed by atoms with van der Waals surface area (Å²) in [6.07, 6.45) is 3.38. The van der Waals surface area contributed by atoms with Gasteiger partial charge >= 0.3 is 5.97 Å². The zero-order valence-corrected chi connectivity index (χ0v) is 19.6. The molecule has 0 bridgehead atoms. The summed E-state index contributed by atoms with van der Waals surface area (Å²) in [6.45, 7) is 1.04. The van der Waals surface area contributed by atoms with Crippen LogP contribution in [0, 0.1) is 0 Å². The first-order valence-electron chi connectivity index (χ1n) is 10.1. The molecule has 33 heavy (non-hydrogen) atoms. The number of likely N-dealkylation sites (tertiary alicyclic amines) is 1. The molecule has 0 atom stereocenters. The van der Waals surface area contributed by atoms with E-state index in [2.05, 4.69) is 0 Å². The first kappa shape index (κ1) is 23.4. The maximum atomic E-state index is 12.7. The highest BCUT2D eigenvalue weighted by Gasteiger charge is 2.37. The molecule has 170 valence electrons. The van der Waals surface area contributed by atoms with Crippen LogP contribution >= 0.6 is 35.0 Å². The van der Waals surface area contributed by atoms with Crippen LogP contribution in [-0.4, -0.2) is 52.5 Å². The molecule has 0 saturated carbocycles. The monoisotopic (exact) mass is 504 g/mol. The number of benzene rings is 2. The maximum Gasteiger partial charge on any atom is 0.345 e. The van der Waals surface area contributed by atoms with Gasteiger partial charge in [-0.1, -0.05) is 35.3 Å². The highest BCUT2D eigenvalue weighted by molar-refractivity contribution is 8.18. The normalized spacial score (nSPS) is 17.2. The van der Waals surface area contributed by atoms with Crippen molar-refractivity contribution >= 4 is 64.1 Å². The van der Waals surface area contributed by atoms with Crippen molar-refractivity contribution in [1.82, 2.24) is 9.80 Å². The molecule has 0 radical (unpaired) electrons. The van der Waals surface area contributed by atoms with Crippen LogP contribution in [0.5, 0.6) is 5.75 Å². The number of rotatable bonds is 5. The number of halogens is 2. The number of hydrogen-bond acceptors (Lipinski definition) is 6. The Labute approximate surface area is 204 Å². The molecule has 2 saturated heterocycles. The molecule has 0 unspecified atom stereocenters. The summed E-state index contributed by atoms with van der Waals surface area (Å²) < 4.78 is 5.39. The molecule has 0 aliphatic carbocycles. The van der Waals surface area contributed by atoms with Gasteiger partial charge in [-0.2, -0.15) is 0 Å². The van der Waals surface area contributed by atoms with Crippen molar-refractivity contribution < 1.29 is 23.9 Å². The van der Waals surface area contributed by atoms with Crippen molar-refractivity contribution in [1.29, 1.82) is 0 Å². The van der Waals surface area contributed by atoms with Gasteiger partial charge in [-0.15, -0.1) is 0 Å². The summed E-state index contributed by atoms with van der Waals surface area (Å²) in [7, 11) is 0. The van der Waals surface area contributed by atoms with Gasteiger partial charge in [0.1, 0.15) is 12.3 Å². The van der Waals surface area contributed by atoms with E-state index in [1.165, 1.54) is 24.3 Å². The third-order valence-electron chi connectivity index (χ3n) is 5.14. The number of nitrogens with zero attached hydrogens (tertiary/aromatic N) is 2. The number of amides is 3. The molecule has 4 rings (SSSR count). The second kappa shape index (κ2) is 9.99. The van der Waals surface area contributed by atoms with Crippen molar-refractivity contribution in [3.05, 3.63) is 68.5 Å². The first-order valence-corrected chi connectivity index (χ1v) is 11.7. The summed E-state index contributed by atoms with van der Waals surface area (Å²) >= 11 is 12.7. The third-order valence-corrected chi connectivity index (χ3v) is 6.60. The Balaban J connectivity index is 1.46. The lowest BCUT2D eigenvalue weighted by atomic mass is 10.2. The van der Waals surface area contributed by atoms with Crippen LogP contribution in [0.25, 0.3) is 6.08 Å². The van der Waals surface area contributed by atoms with Gasteiger partial charge in [0.15, 0.2) is 0 Å². The fraction of sp³-hybridized carbons (Fsp3) is 0.217. The molecule has 0 N–H and O–H groups in total. The molecular weight excluding hydrogens is 487 g/mol. The van der Waals surface area contributed by atoms with E-state index in [1.54, 1.807) is 29.2 Å². The van der Waals surface area contributed by atoms with Crippen LogP contribution in [0.3, 0.4) is 0 Å². The first-order chi connectivity index (χ1) is 15.8. The van der Waals surface area contributed by atoms with E-state index in [-0.39, 0.29) is 33.7 Å². The van der Waals surface area contributed by atoms with Gasteiger partial charge in [-0.25, -0.2) is 4.79 Å². The van der Waals surface area contributed by atoms with Crippen LogP contribution in [-0.2, 0) is 9.59 Å². The Morgan fingerprint density at radius 3 is 2.55 bits per heavy atom. The molecule has 2 fully saturated rings. The van der Waals surface area contributed by atoms with Gasteiger partial charge in [0.25, 0.3) is 11.1 Å². The molecule has 3 amide bonds. The maximum absolute atomic E-state index is 12.7. The molecule has 10 heteroatoms. The fourth-order valence-corrected chi connectivity index (χ4v) is 4.80. The van der Waals surface area contributed by atoms with Gasteiger partial charge in [-0.05, 0) is 66.6 Å². The van der Waals surface area contributed by atoms with Crippen LogP contribution in [0.4, 0.5) is 4.79 Å². The predicted octanol–water partition coefficient (Wildman–Crippen LogP) is 4.87. The second-order valence-electron chi connectivity index (χ2n) is 7.44. The standard InChI is InChI=1S/C23H18Cl2N2O5S/c24-15-6-7-17(18(25)12-15)22(30)32-16-5-3-4-14(10-16)11-19-21(29)27(23(31)33-19)13-20(28)26-8-1-2-9-26/h3-7,10-12H,1-2,8-9,13H2/b19-11-. The SMILES string of the molecule is O=C(Oc1cccc(/C=C2\SC(=O)N(CC(=O)N3CCCC3)C2=O)c1)c1ccc(Cl)cc1Cl. The fourth-order valence-electron chi connectivity index (χ4n) is 3.47. The van der Waals surface area contributed by atoms with E-state index in [1.807, 2.05) is 0 Å². The Morgan fingerprint density at radius 1 is 1.06 bits per heavy atom. The van der Waals surface area contributed by atoms with E-state index < -0.39 is 17.1 Å². The van der Waals surface area contributed by atoms with E-state index >= 15 is 0 Å². The van der Waals surface area contributed by atoms with Gasteiger partial charge in [0.2, 0.25) is 5.91 Å². The van der Waals surface area contributed by atoms with E-state index in [9.17, 15) is 19.2 Å². The molecule has 2 heterocycles. The number of thioether (sulfide) groups is 1. The van der Waals surface area contributed by atoms with Crippen molar-refractivity contribution in [2.45, 2.75) is 12.8 Å². The van der Waals surface area contributed by atoms with Crippen molar-refractivity contribution in [2.24, 2.45) is 0 Å². The van der Waals surface area contributed by atoms with Crippen LogP contribution < -0.4 is 4.74 Å². The van der Waals surface area contributed by atoms with Crippen molar-refractivity contribution in [3.63, 3.8) is 0 Å². The summed E-state index contributed by atoms with van der Waals surface area (Å²) in [4.78, 5) is 52.7. The molecule has 0 spiro atoms. The summed E-state index contributed by atoms with van der Waals surface area (Å²) in [5.74, 6) is -1.17. The largest absolute Gasteiger partial charge is 0.423 e. The average Bonchev–Trinajstić information content (AvgIpc) is 3.39. The van der Waals surface area contributed by atoms with Crippen molar-refractivity contribution in [3.8, 4) is 5.75 Å². The molecule has 7 nitrogen and oxygen atoms in total. The number of hydrogen-bond donors (Lipinski definition) is 0. The lowest BCUT2D eigenvalue weighted by Crippen LogP contribution is -2.40. The highest BCUT2D eigenvalue weighted by Crippen LogP contribution is 2.33. The van der Waals surface area contributed by atoms with E-state index in [0.29, 0.717) is 23.7 Å². The molecule has 2 aromatic rings. The minimum Gasteiger partial charge on any atom is -0.423 e. The smallest absolute Gasteiger partial charge is 0.345 e. The number of carbonyl (C=O) groups is 4. The van der Waals surface area contributed by atoms with Crippen LogP contribution in [0.15, 0.2) is 47.4 Å². The minimum absolute atomic E-state index is 0.162. The topological polar surface area (TPSA) is 84.0 Å². The number of carbonyl (C=O) groups excluding carboxylic acids is 4. The summed E-state index contributed by atoms with van der Waals surface area (Å²) in [5, 5.41) is 0.0780. The molecular formula is C23H18Cl2N2O5S. The van der Waals surface area contributed by atoms with Gasteiger partial charge in [0.05, 0.1) is 15.5 Å². The Kier molecular flexibility index (Phi) is 7.07.